The van der Waals surface area contributed by atoms with Gasteiger partial charge in [-0.15, -0.1) is 0 Å². The second-order valence-corrected chi connectivity index (χ2v) is 10.2. The first-order valence-corrected chi connectivity index (χ1v) is 13.9. The van der Waals surface area contributed by atoms with Gasteiger partial charge in [-0.25, -0.2) is 0 Å². The molecule has 1 atom stereocenters. The Hall–Kier alpha value is -3.17. The van der Waals surface area contributed by atoms with Gasteiger partial charge in [-0.1, -0.05) is 6.92 Å². The lowest BCUT2D eigenvalue weighted by molar-refractivity contribution is -0.124. The summed E-state index contributed by atoms with van der Waals surface area (Å²) in [6, 6.07) is 13.9. The van der Waals surface area contributed by atoms with Crippen LogP contribution in [0.1, 0.15) is 40.0 Å². The highest BCUT2D eigenvalue weighted by Crippen LogP contribution is 2.29. The van der Waals surface area contributed by atoms with E-state index in [1.807, 2.05) is 55.1 Å². The summed E-state index contributed by atoms with van der Waals surface area (Å²) < 4.78 is 11.0. The smallest absolute Gasteiger partial charge is 0.256 e. The molecule has 2 heterocycles. The van der Waals surface area contributed by atoms with E-state index >= 15 is 0 Å². The molecule has 2 fully saturated rings. The van der Waals surface area contributed by atoms with Crippen molar-refractivity contribution in [2.75, 3.05) is 49.6 Å². The van der Waals surface area contributed by atoms with Crippen LogP contribution in [0, 0.1) is 5.92 Å². The molecule has 2 aromatic rings. The van der Waals surface area contributed by atoms with Crippen LogP contribution in [0.3, 0.4) is 0 Å². The normalized spacial score (nSPS) is 18.7. The molecule has 2 aromatic carbocycles. The van der Waals surface area contributed by atoms with Crippen LogP contribution in [0.5, 0.6) is 11.5 Å². The molecule has 2 aliphatic heterocycles. The van der Waals surface area contributed by atoms with Crippen molar-refractivity contribution in [3.8, 4) is 11.5 Å². The van der Waals surface area contributed by atoms with Gasteiger partial charge in [0.15, 0.2) is 5.11 Å². The molecule has 0 unspecified atom stereocenters. The molecule has 4 rings (SSSR count). The highest BCUT2D eigenvalue weighted by molar-refractivity contribution is 7.80. The Labute approximate surface area is 230 Å². The van der Waals surface area contributed by atoms with Gasteiger partial charge in [0.25, 0.3) is 5.91 Å². The van der Waals surface area contributed by atoms with E-state index in [1.165, 1.54) is 12.8 Å². The molecule has 1 N–H and O–H groups in total. The fourth-order valence-corrected chi connectivity index (χ4v) is 5.32. The number of anilines is 2. The summed E-state index contributed by atoms with van der Waals surface area (Å²) in [5.41, 5.74) is 1.33. The predicted octanol–water partition coefficient (Wildman–Crippen LogP) is 4.55. The third kappa shape index (κ3) is 6.82. The predicted molar refractivity (Wildman–Crippen MR) is 154 cm³/mol. The van der Waals surface area contributed by atoms with Crippen LogP contribution in [-0.4, -0.2) is 72.2 Å². The van der Waals surface area contributed by atoms with E-state index in [2.05, 4.69) is 17.1 Å². The van der Waals surface area contributed by atoms with E-state index in [1.54, 1.807) is 17.0 Å². The molecule has 0 aliphatic carbocycles. The number of carbonyl (C=O) groups is 2. The zero-order valence-electron chi connectivity index (χ0n) is 22.5. The van der Waals surface area contributed by atoms with Crippen LogP contribution in [0.15, 0.2) is 48.5 Å². The summed E-state index contributed by atoms with van der Waals surface area (Å²) >= 11 is 5.83. The summed E-state index contributed by atoms with van der Waals surface area (Å²) in [5, 5.41) is 3.35. The zero-order valence-corrected chi connectivity index (χ0v) is 23.3. The minimum atomic E-state index is -0.666. The van der Waals surface area contributed by atoms with E-state index in [9.17, 15) is 9.59 Å². The van der Waals surface area contributed by atoms with Crippen molar-refractivity contribution in [3.05, 3.63) is 48.5 Å². The Morgan fingerprint density at radius 3 is 2.11 bits per heavy atom. The van der Waals surface area contributed by atoms with E-state index < -0.39 is 6.04 Å². The second kappa shape index (κ2) is 13.1. The molecule has 2 aliphatic rings. The molecular formula is C29H38N4O4S. The summed E-state index contributed by atoms with van der Waals surface area (Å²) in [7, 11) is 0. The highest BCUT2D eigenvalue weighted by atomic mass is 32.1. The molecule has 2 amide bonds. The third-order valence-corrected chi connectivity index (χ3v) is 7.50. The molecule has 0 spiro atoms. The van der Waals surface area contributed by atoms with Gasteiger partial charge < -0.3 is 24.6 Å². The molecule has 0 bridgehead atoms. The number of benzene rings is 2. The van der Waals surface area contributed by atoms with Gasteiger partial charge in [-0.05, 0) is 106 Å². The largest absolute Gasteiger partial charge is 0.494 e. The Balaban J connectivity index is 1.48. The van der Waals surface area contributed by atoms with Gasteiger partial charge in [0.05, 0.1) is 25.3 Å². The molecule has 8 nitrogen and oxygen atoms in total. The van der Waals surface area contributed by atoms with Crippen molar-refractivity contribution in [1.29, 1.82) is 0 Å². The lowest BCUT2D eigenvalue weighted by atomic mass is 9.99. The SMILES string of the molecule is CCOc1ccc(NC(=O)C[C@@H]2C(=O)N(c3ccc(OCC)cc3)C(=S)N2CCN2CCC(C)CC2)cc1. The molecule has 38 heavy (non-hydrogen) atoms. The number of hydrogen-bond donors (Lipinski definition) is 1. The van der Waals surface area contributed by atoms with Gasteiger partial charge in [0.1, 0.15) is 17.5 Å². The van der Waals surface area contributed by atoms with Gasteiger partial charge in [0, 0.05) is 18.8 Å². The van der Waals surface area contributed by atoms with Crippen LogP contribution in [0.25, 0.3) is 0 Å². The van der Waals surface area contributed by atoms with Crippen LogP contribution in [-0.2, 0) is 9.59 Å². The lowest BCUT2D eigenvalue weighted by Crippen LogP contribution is -2.44. The van der Waals surface area contributed by atoms with E-state index in [0.717, 1.165) is 37.1 Å². The van der Waals surface area contributed by atoms with Crippen molar-refractivity contribution >= 4 is 40.5 Å². The van der Waals surface area contributed by atoms with Crippen molar-refractivity contribution in [2.45, 2.75) is 46.1 Å². The fourth-order valence-electron chi connectivity index (χ4n) is 4.91. The van der Waals surface area contributed by atoms with Crippen LogP contribution in [0.2, 0.25) is 0 Å². The lowest BCUT2D eigenvalue weighted by Gasteiger charge is -2.32. The summed E-state index contributed by atoms with van der Waals surface area (Å²) in [6.45, 7) is 10.8. The number of carbonyl (C=O) groups excluding carboxylic acids is 2. The second-order valence-electron chi connectivity index (χ2n) is 9.83. The fraction of sp³-hybridized carbons (Fsp3) is 0.483. The average molecular weight is 539 g/mol. The quantitative estimate of drug-likeness (QED) is 0.421. The molecule has 9 heteroatoms. The maximum atomic E-state index is 13.7. The summed E-state index contributed by atoms with van der Waals surface area (Å²) in [6.07, 6.45) is 2.36. The summed E-state index contributed by atoms with van der Waals surface area (Å²) in [5.74, 6) is 1.80. The highest BCUT2D eigenvalue weighted by Gasteiger charge is 2.44. The van der Waals surface area contributed by atoms with E-state index in [-0.39, 0.29) is 18.2 Å². The topological polar surface area (TPSA) is 74.3 Å². The third-order valence-electron chi connectivity index (χ3n) is 7.09. The maximum absolute atomic E-state index is 13.7. The minimum Gasteiger partial charge on any atom is -0.494 e. The van der Waals surface area contributed by atoms with Gasteiger partial charge in [-0.3, -0.25) is 14.5 Å². The summed E-state index contributed by atoms with van der Waals surface area (Å²) in [4.78, 5) is 32.7. The Kier molecular flexibility index (Phi) is 9.58. The van der Waals surface area contributed by atoms with Crippen molar-refractivity contribution in [1.82, 2.24) is 9.80 Å². The van der Waals surface area contributed by atoms with Crippen molar-refractivity contribution in [3.63, 3.8) is 0 Å². The monoisotopic (exact) mass is 538 g/mol. The standard InChI is InChI=1S/C29H38N4O4S/c1-4-36-24-10-6-22(7-11-24)30-27(34)20-26-28(35)33(23-8-12-25(13-9-23)37-5-2)29(38)32(26)19-18-31-16-14-21(3)15-17-31/h6-13,21,26H,4-5,14-20H2,1-3H3,(H,30,34)/t26-/m1/s1. The number of rotatable bonds is 11. The first-order valence-electron chi connectivity index (χ1n) is 13.5. The number of nitrogens with zero attached hydrogens (tertiary/aromatic N) is 3. The number of thiocarbonyl (C=S) groups is 1. The zero-order chi connectivity index (χ0) is 27.1. The average Bonchev–Trinajstić information content (AvgIpc) is 3.14. The molecular weight excluding hydrogens is 500 g/mol. The first-order chi connectivity index (χ1) is 18.4. The molecule has 204 valence electrons. The number of ether oxygens (including phenoxy) is 2. The molecule has 2 saturated heterocycles. The van der Waals surface area contributed by atoms with Crippen molar-refractivity contribution < 1.29 is 19.1 Å². The van der Waals surface area contributed by atoms with E-state index in [4.69, 9.17) is 21.7 Å². The Bertz CT molecular complexity index is 1100. The van der Waals surface area contributed by atoms with E-state index in [0.29, 0.717) is 36.2 Å². The van der Waals surface area contributed by atoms with Crippen LogP contribution >= 0.6 is 12.2 Å². The Morgan fingerprint density at radius 2 is 1.53 bits per heavy atom. The Morgan fingerprint density at radius 1 is 0.947 bits per heavy atom. The number of nitrogens with one attached hydrogen (secondary N) is 1. The molecule has 0 aromatic heterocycles. The first kappa shape index (κ1) is 27.9. The van der Waals surface area contributed by atoms with Crippen LogP contribution < -0.4 is 19.7 Å². The van der Waals surface area contributed by atoms with Crippen LogP contribution in [0.4, 0.5) is 11.4 Å². The number of piperidine rings is 1. The number of amides is 2. The van der Waals surface area contributed by atoms with Gasteiger partial charge >= 0.3 is 0 Å². The number of hydrogen-bond acceptors (Lipinski definition) is 6. The van der Waals surface area contributed by atoms with Gasteiger partial charge in [0.2, 0.25) is 5.91 Å². The maximum Gasteiger partial charge on any atom is 0.256 e. The van der Waals surface area contributed by atoms with Gasteiger partial charge in [-0.2, -0.15) is 0 Å². The van der Waals surface area contributed by atoms with Crippen molar-refractivity contribution in [2.24, 2.45) is 5.92 Å². The molecule has 0 saturated carbocycles. The minimum absolute atomic E-state index is 0.0107. The number of likely N-dealkylation sites (tertiary alicyclic amines) is 1. The molecule has 0 radical (unpaired) electrons.